The zero-order valence-electron chi connectivity index (χ0n) is 21.8. The molecule has 0 heterocycles. The molecule has 4 unspecified atom stereocenters. The lowest BCUT2D eigenvalue weighted by Gasteiger charge is -2.63. The number of ether oxygens (including phenoxy) is 1. The monoisotopic (exact) mass is 458 g/mol. The van der Waals surface area contributed by atoms with Crippen LogP contribution in [0.1, 0.15) is 112 Å². The zero-order valence-corrected chi connectivity index (χ0v) is 21.8. The summed E-state index contributed by atoms with van der Waals surface area (Å²) in [6.07, 6.45) is 12.7. The maximum atomic E-state index is 11.8. The Balaban J connectivity index is 1.41. The summed E-state index contributed by atoms with van der Waals surface area (Å²) < 4.78 is 5.86. The van der Waals surface area contributed by atoms with E-state index < -0.39 is 5.97 Å². The topological polar surface area (TPSA) is 63.6 Å². The van der Waals surface area contributed by atoms with Crippen LogP contribution >= 0.6 is 0 Å². The van der Waals surface area contributed by atoms with E-state index in [1.807, 2.05) is 0 Å². The van der Waals surface area contributed by atoms with Crippen LogP contribution in [0.3, 0.4) is 0 Å². The standard InChI is InChI=1S/C29H46O4/c1-18(7-10-24(31)32)20-11-13-27(6)22-9-8-21-25(3,4)23(33-19(2)30)12-14-28(21)17-29(22,28)16-15-26(20,27)5/h18,20-23H,7-17H2,1-6H3,(H,31,32)/t18-,20?,21?,22?,23+,26-,27+,28?,29+/m1/s1. The molecular formula is C29H46O4. The second kappa shape index (κ2) is 7.23. The van der Waals surface area contributed by atoms with Crippen LogP contribution < -0.4 is 0 Å². The van der Waals surface area contributed by atoms with Gasteiger partial charge >= 0.3 is 11.9 Å². The normalized spacial score (nSPS) is 50.2. The second-order valence-corrected chi connectivity index (χ2v) is 14.0. The summed E-state index contributed by atoms with van der Waals surface area (Å²) in [7, 11) is 0. The van der Waals surface area contributed by atoms with Crippen molar-refractivity contribution in [2.75, 3.05) is 0 Å². The van der Waals surface area contributed by atoms with Gasteiger partial charge in [0.15, 0.2) is 0 Å². The van der Waals surface area contributed by atoms with Crippen LogP contribution in [0.4, 0.5) is 0 Å². The Morgan fingerprint density at radius 1 is 0.909 bits per heavy atom. The van der Waals surface area contributed by atoms with Gasteiger partial charge in [0, 0.05) is 18.8 Å². The fraction of sp³-hybridized carbons (Fsp3) is 0.931. The number of aliphatic carboxylic acids is 1. The minimum Gasteiger partial charge on any atom is -0.481 e. The highest BCUT2D eigenvalue weighted by atomic mass is 16.5. The third-order valence-corrected chi connectivity index (χ3v) is 12.9. The molecule has 0 aromatic carbocycles. The van der Waals surface area contributed by atoms with Gasteiger partial charge in [-0.05, 0) is 110 Å². The molecule has 2 spiro atoms. The van der Waals surface area contributed by atoms with Gasteiger partial charge in [-0.15, -0.1) is 0 Å². The summed E-state index contributed by atoms with van der Waals surface area (Å²) in [6, 6.07) is 0. The Morgan fingerprint density at radius 3 is 2.24 bits per heavy atom. The summed E-state index contributed by atoms with van der Waals surface area (Å²) in [4.78, 5) is 23.0. The molecule has 4 heteroatoms. The van der Waals surface area contributed by atoms with Crippen molar-refractivity contribution in [2.24, 2.45) is 50.7 Å². The maximum absolute atomic E-state index is 11.8. The number of esters is 1. The van der Waals surface area contributed by atoms with Gasteiger partial charge in [-0.2, -0.15) is 0 Å². The van der Waals surface area contributed by atoms with Gasteiger partial charge in [-0.25, -0.2) is 0 Å². The maximum Gasteiger partial charge on any atom is 0.303 e. The number of hydrogen-bond donors (Lipinski definition) is 1. The number of rotatable bonds is 5. The number of carboxylic acids is 1. The van der Waals surface area contributed by atoms with Crippen molar-refractivity contribution in [3.8, 4) is 0 Å². The fourth-order valence-corrected chi connectivity index (χ4v) is 11.3. The molecule has 33 heavy (non-hydrogen) atoms. The van der Waals surface area contributed by atoms with Crippen molar-refractivity contribution in [3.05, 3.63) is 0 Å². The fourth-order valence-electron chi connectivity index (χ4n) is 11.3. The van der Waals surface area contributed by atoms with Crippen molar-refractivity contribution >= 4 is 11.9 Å². The molecule has 4 nitrogen and oxygen atoms in total. The van der Waals surface area contributed by atoms with Crippen LogP contribution in [-0.4, -0.2) is 23.1 Å². The van der Waals surface area contributed by atoms with Crippen molar-refractivity contribution in [1.29, 1.82) is 0 Å². The van der Waals surface area contributed by atoms with E-state index in [1.165, 1.54) is 51.4 Å². The number of carbonyl (C=O) groups excluding carboxylic acids is 1. The molecule has 5 rings (SSSR count). The Kier molecular flexibility index (Phi) is 5.19. The van der Waals surface area contributed by atoms with E-state index in [4.69, 9.17) is 4.74 Å². The molecule has 1 N–H and O–H groups in total. The van der Waals surface area contributed by atoms with E-state index in [2.05, 4.69) is 34.6 Å². The van der Waals surface area contributed by atoms with E-state index in [9.17, 15) is 14.7 Å². The number of carbonyl (C=O) groups is 2. The number of carboxylic acid groups (broad SMARTS) is 1. The zero-order chi connectivity index (χ0) is 24.0. The van der Waals surface area contributed by atoms with Gasteiger partial charge in [-0.3, -0.25) is 9.59 Å². The van der Waals surface area contributed by atoms with Crippen molar-refractivity contribution < 1.29 is 19.4 Å². The molecule has 0 bridgehead atoms. The minimum atomic E-state index is -0.652. The highest BCUT2D eigenvalue weighted by Gasteiger charge is 2.82. The molecule has 5 saturated carbocycles. The average molecular weight is 459 g/mol. The molecule has 9 atom stereocenters. The molecule has 0 saturated heterocycles. The lowest BCUT2D eigenvalue weighted by atomic mass is 9.41. The molecule has 186 valence electrons. The van der Waals surface area contributed by atoms with E-state index in [0.717, 1.165) is 18.8 Å². The van der Waals surface area contributed by atoms with Crippen molar-refractivity contribution in [3.63, 3.8) is 0 Å². The summed E-state index contributed by atoms with van der Waals surface area (Å²) in [6.45, 7) is 13.9. The van der Waals surface area contributed by atoms with Crippen LogP contribution in [0, 0.1) is 50.7 Å². The first-order chi connectivity index (χ1) is 15.3. The Bertz CT molecular complexity index is 849. The summed E-state index contributed by atoms with van der Waals surface area (Å²) >= 11 is 0. The molecular weight excluding hydrogens is 412 g/mol. The van der Waals surface area contributed by atoms with Gasteiger partial charge in [-0.1, -0.05) is 34.6 Å². The summed E-state index contributed by atoms with van der Waals surface area (Å²) in [5.41, 5.74) is 1.74. The van der Waals surface area contributed by atoms with Gasteiger partial charge < -0.3 is 9.84 Å². The van der Waals surface area contributed by atoms with Gasteiger partial charge in [0.1, 0.15) is 6.10 Å². The molecule has 0 aromatic heterocycles. The highest BCUT2D eigenvalue weighted by Crippen LogP contribution is 2.89. The number of hydrogen-bond acceptors (Lipinski definition) is 3. The van der Waals surface area contributed by atoms with Crippen LogP contribution in [0.25, 0.3) is 0 Å². The van der Waals surface area contributed by atoms with Gasteiger partial charge in [0.25, 0.3) is 0 Å². The van der Waals surface area contributed by atoms with Crippen molar-refractivity contribution in [1.82, 2.24) is 0 Å². The second-order valence-electron chi connectivity index (χ2n) is 14.0. The largest absolute Gasteiger partial charge is 0.481 e. The van der Waals surface area contributed by atoms with E-state index in [-0.39, 0.29) is 17.5 Å². The van der Waals surface area contributed by atoms with Gasteiger partial charge in [0.05, 0.1) is 0 Å². The van der Waals surface area contributed by atoms with E-state index in [0.29, 0.717) is 45.8 Å². The molecule has 5 fully saturated rings. The highest BCUT2D eigenvalue weighted by molar-refractivity contribution is 5.66. The van der Waals surface area contributed by atoms with Gasteiger partial charge in [0.2, 0.25) is 0 Å². The first-order valence-corrected chi connectivity index (χ1v) is 13.7. The Labute approximate surface area is 200 Å². The van der Waals surface area contributed by atoms with E-state index in [1.54, 1.807) is 6.92 Å². The van der Waals surface area contributed by atoms with Crippen LogP contribution in [-0.2, 0) is 14.3 Å². The van der Waals surface area contributed by atoms with Crippen LogP contribution in [0.2, 0.25) is 0 Å². The third-order valence-electron chi connectivity index (χ3n) is 12.9. The summed E-state index contributed by atoms with van der Waals surface area (Å²) in [5.74, 6) is 1.84. The molecule has 5 aliphatic rings. The SMILES string of the molecule is CC(=O)O[C@H]1CCC23C[C@]24CC[C@]2(C)C([C@H](C)CCC(=O)O)CC[C@@]2(C)C4CCC3C1(C)C. The molecule has 0 aliphatic heterocycles. The third kappa shape index (κ3) is 2.94. The van der Waals surface area contributed by atoms with E-state index >= 15 is 0 Å². The Morgan fingerprint density at radius 2 is 1.58 bits per heavy atom. The predicted molar refractivity (Wildman–Crippen MR) is 128 cm³/mol. The minimum absolute atomic E-state index is 0.0591. The number of fused-ring (bicyclic) bond motifs is 2. The smallest absolute Gasteiger partial charge is 0.303 e. The predicted octanol–water partition coefficient (Wildman–Crippen LogP) is 6.86. The van der Waals surface area contributed by atoms with Crippen LogP contribution in [0.15, 0.2) is 0 Å². The molecule has 5 aliphatic carbocycles. The van der Waals surface area contributed by atoms with Crippen LogP contribution in [0.5, 0.6) is 0 Å². The quantitative estimate of drug-likeness (QED) is 0.457. The lowest BCUT2D eigenvalue weighted by molar-refractivity contribution is -0.181. The van der Waals surface area contributed by atoms with Crippen molar-refractivity contribution in [2.45, 2.75) is 118 Å². The molecule has 0 aromatic rings. The first kappa shape index (κ1) is 23.7. The molecule has 0 radical (unpaired) electrons. The molecule has 0 amide bonds. The first-order valence-electron chi connectivity index (χ1n) is 13.7. The summed E-state index contributed by atoms with van der Waals surface area (Å²) in [5, 5.41) is 9.24. The Hall–Kier alpha value is -1.06. The lowest BCUT2D eigenvalue weighted by Crippen LogP contribution is -2.58. The average Bonchev–Trinajstić information content (AvgIpc) is 3.31.